The molecule has 1 N–H and O–H groups in total. The Morgan fingerprint density at radius 3 is 2.54 bits per heavy atom. The maximum absolute atomic E-state index is 12.7. The number of rotatable bonds is 7. The van der Waals surface area contributed by atoms with Gasteiger partial charge >= 0.3 is 0 Å². The molecular weight excluding hydrogens is 396 g/mol. The minimum absolute atomic E-state index is 0.0723. The zero-order valence-corrected chi connectivity index (χ0v) is 17.9. The van der Waals surface area contributed by atoms with Gasteiger partial charge in [-0.3, -0.25) is 4.79 Å². The van der Waals surface area contributed by atoms with Crippen LogP contribution in [0.2, 0.25) is 0 Å². The average molecular weight is 423 g/mol. The summed E-state index contributed by atoms with van der Waals surface area (Å²) in [6, 6.07) is 9.27. The minimum Gasteiger partial charge on any atom is -0.379 e. The van der Waals surface area contributed by atoms with Crippen molar-refractivity contribution >= 4 is 27.3 Å². The molecule has 1 fully saturated rings. The van der Waals surface area contributed by atoms with Crippen molar-refractivity contribution in [3.63, 3.8) is 0 Å². The van der Waals surface area contributed by atoms with Crippen molar-refractivity contribution in [3.8, 4) is 0 Å². The maximum Gasteiger partial charge on any atom is 0.261 e. The largest absolute Gasteiger partial charge is 0.379 e. The predicted octanol–water partition coefficient (Wildman–Crippen LogP) is 2.71. The number of sulfonamides is 1. The number of amides is 1. The number of nitrogens with zero attached hydrogens (tertiary/aromatic N) is 1. The molecule has 1 amide bonds. The molecule has 1 aliphatic rings. The third kappa shape index (κ3) is 5.00. The van der Waals surface area contributed by atoms with Crippen LogP contribution in [0.4, 0.5) is 0 Å². The second-order valence-electron chi connectivity index (χ2n) is 6.79. The second kappa shape index (κ2) is 9.17. The zero-order valence-electron chi connectivity index (χ0n) is 16.2. The molecule has 2 aromatic rings. The first-order chi connectivity index (χ1) is 13.4. The highest BCUT2D eigenvalue weighted by Gasteiger charge is 2.25. The van der Waals surface area contributed by atoms with Gasteiger partial charge in [-0.1, -0.05) is 31.2 Å². The molecule has 1 saturated heterocycles. The molecule has 0 radical (unpaired) electrons. The molecule has 3 rings (SSSR count). The third-order valence-corrected chi connectivity index (χ3v) is 8.03. The lowest BCUT2D eigenvalue weighted by Gasteiger charge is -2.26. The predicted molar refractivity (Wildman–Crippen MR) is 111 cm³/mol. The van der Waals surface area contributed by atoms with E-state index in [1.807, 2.05) is 37.3 Å². The molecule has 0 saturated carbocycles. The van der Waals surface area contributed by atoms with Gasteiger partial charge in [-0.15, -0.1) is 11.3 Å². The number of thiophene rings is 1. The first-order valence-corrected chi connectivity index (χ1v) is 11.8. The molecule has 2 heterocycles. The van der Waals surface area contributed by atoms with E-state index in [1.165, 1.54) is 20.5 Å². The number of hydrogen-bond donors (Lipinski definition) is 1. The van der Waals surface area contributed by atoms with E-state index in [9.17, 15) is 13.2 Å². The van der Waals surface area contributed by atoms with E-state index in [2.05, 4.69) is 12.2 Å². The molecule has 0 spiro atoms. The van der Waals surface area contributed by atoms with Gasteiger partial charge in [0.25, 0.3) is 5.91 Å². The van der Waals surface area contributed by atoms with E-state index < -0.39 is 10.0 Å². The Morgan fingerprint density at radius 2 is 1.89 bits per heavy atom. The molecule has 1 aliphatic heterocycles. The van der Waals surface area contributed by atoms with Crippen molar-refractivity contribution in [1.29, 1.82) is 0 Å². The fourth-order valence-electron chi connectivity index (χ4n) is 3.23. The number of carbonyl (C=O) groups excluding carboxylic acids is 1. The minimum atomic E-state index is -3.41. The molecule has 1 aromatic heterocycles. The summed E-state index contributed by atoms with van der Waals surface area (Å²) in [6.07, 6.45) is 0.909. The molecule has 0 aliphatic carbocycles. The summed E-state index contributed by atoms with van der Waals surface area (Å²) in [7, 11) is -3.41. The zero-order chi connectivity index (χ0) is 20.1. The van der Waals surface area contributed by atoms with Crippen molar-refractivity contribution in [1.82, 2.24) is 9.62 Å². The Bertz CT molecular complexity index is 931. The normalized spacial score (nSPS) is 15.5. The number of ether oxygens (including phenoxy) is 1. The molecule has 6 nitrogen and oxygen atoms in total. The summed E-state index contributed by atoms with van der Waals surface area (Å²) in [5.74, 6) is -0.199. The summed E-state index contributed by atoms with van der Waals surface area (Å²) < 4.78 is 32.2. The average Bonchev–Trinajstić information content (AvgIpc) is 3.08. The fraction of sp³-hybridized carbons (Fsp3) is 0.450. The van der Waals surface area contributed by atoms with Crippen LogP contribution in [0, 0.1) is 6.92 Å². The number of carbonyl (C=O) groups is 1. The van der Waals surface area contributed by atoms with Crippen LogP contribution in [0.1, 0.15) is 38.2 Å². The van der Waals surface area contributed by atoms with Crippen molar-refractivity contribution in [3.05, 3.63) is 56.8 Å². The highest BCUT2D eigenvalue weighted by molar-refractivity contribution is 7.88. The Kier molecular flexibility index (Phi) is 6.87. The molecule has 0 bridgehead atoms. The van der Waals surface area contributed by atoms with Gasteiger partial charge < -0.3 is 10.1 Å². The van der Waals surface area contributed by atoms with Crippen LogP contribution in [0.25, 0.3) is 0 Å². The molecule has 8 heteroatoms. The van der Waals surface area contributed by atoms with Crippen LogP contribution in [0.15, 0.2) is 30.3 Å². The number of nitrogens with one attached hydrogen (secondary N) is 1. The van der Waals surface area contributed by atoms with Gasteiger partial charge in [0.05, 0.1) is 23.8 Å². The van der Waals surface area contributed by atoms with Crippen molar-refractivity contribution < 1.29 is 17.9 Å². The monoisotopic (exact) mass is 422 g/mol. The second-order valence-corrected chi connectivity index (χ2v) is 9.90. The molecular formula is C20H26N2O4S2. The van der Waals surface area contributed by atoms with Crippen LogP contribution >= 0.6 is 11.3 Å². The number of hydrogen-bond acceptors (Lipinski definition) is 5. The fourth-order valence-corrected chi connectivity index (χ4v) is 5.82. The van der Waals surface area contributed by atoms with E-state index in [1.54, 1.807) is 0 Å². The van der Waals surface area contributed by atoms with Crippen molar-refractivity contribution in [2.24, 2.45) is 0 Å². The first-order valence-electron chi connectivity index (χ1n) is 9.40. The molecule has 28 heavy (non-hydrogen) atoms. The van der Waals surface area contributed by atoms with Crippen LogP contribution in [0.5, 0.6) is 0 Å². The van der Waals surface area contributed by atoms with E-state index >= 15 is 0 Å². The summed E-state index contributed by atoms with van der Waals surface area (Å²) in [5.41, 5.74) is 2.66. The first kappa shape index (κ1) is 21.0. The third-order valence-electron chi connectivity index (χ3n) is 4.82. The molecule has 0 unspecified atom stereocenters. The number of benzene rings is 1. The molecule has 0 atom stereocenters. The topological polar surface area (TPSA) is 75.7 Å². The van der Waals surface area contributed by atoms with Gasteiger partial charge in [0.1, 0.15) is 0 Å². The van der Waals surface area contributed by atoms with Crippen LogP contribution in [-0.2, 0) is 33.5 Å². The Labute approximate surface area is 170 Å². The van der Waals surface area contributed by atoms with E-state index in [-0.39, 0.29) is 11.7 Å². The quantitative estimate of drug-likeness (QED) is 0.744. The molecule has 152 valence electrons. The highest BCUT2D eigenvalue weighted by Crippen LogP contribution is 2.22. The van der Waals surface area contributed by atoms with Gasteiger partial charge in [0.15, 0.2) is 0 Å². The lowest BCUT2D eigenvalue weighted by atomic mass is 10.1. The SMILES string of the molecule is CCc1sc(C(=O)NCc2ccccc2CS(=O)(=O)N2CCOCC2)cc1C. The smallest absolute Gasteiger partial charge is 0.261 e. The van der Waals surface area contributed by atoms with Crippen LogP contribution < -0.4 is 5.32 Å². The standard InChI is InChI=1S/C20H26N2O4S2/c1-3-18-15(2)12-19(27-18)20(23)21-13-16-6-4-5-7-17(16)14-28(24,25)22-8-10-26-11-9-22/h4-7,12H,3,8-11,13-14H2,1-2H3,(H,21,23). The van der Waals surface area contributed by atoms with Crippen LogP contribution in [0.3, 0.4) is 0 Å². The van der Waals surface area contributed by atoms with Gasteiger partial charge in [0, 0.05) is 24.5 Å². The van der Waals surface area contributed by atoms with E-state index in [0.717, 1.165) is 17.5 Å². The summed E-state index contributed by atoms with van der Waals surface area (Å²) in [4.78, 5) is 14.4. The van der Waals surface area contributed by atoms with Crippen molar-refractivity contribution in [2.45, 2.75) is 32.6 Å². The maximum atomic E-state index is 12.7. The van der Waals surface area contributed by atoms with Gasteiger partial charge in [0.2, 0.25) is 10.0 Å². The Balaban J connectivity index is 1.69. The van der Waals surface area contributed by atoms with Crippen LogP contribution in [-0.4, -0.2) is 44.9 Å². The number of aryl methyl sites for hydroxylation is 2. The Hall–Kier alpha value is -1.74. The summed E-state index contributed by atoms with van der Waals surface area (Å²) in [6.45, 7) is 6.01. The van der Waals surface area contributed by atoms with Crippen molar-refractivity contribution in [2.75, 3.05) is 26.3 Å². The Morgan fingerprint density at radius 1 is 1.21 bits per heavy atom. The lowest BCUT2D eigenvalue weighted by Crippen LogP contribution is -2.41. The summed E-state index contributed by atoms with van der Waals surface area (Å²) in [5, 5.41) is 2.93. The van der Waals surface area contributed by atoms with Gasteiger partial charge in [-0.05, 0) is 36.1 Å². The van der Waals surface area contributed by atoms with E-state index in [4.69, 9.17) is 4.74 Å². The lowest BCUT2D eigenvalue weighted by molar-refractivity contribution is 0.0729. The molecule has 1 aromatic carbocycles. The van der Waals surface area contributed by atoms with Gasteiger partial charge in [-0.2, -0.15) is 4.31 Å². The van der Waals surface area contributed by atoms with Gasteiger partial charge in [-0.25, -0.2) is 8.42 Å². The highest BCUT2D eigenvalue weighted by atomic mass is 32.2. The summed E-state index contributed by atoms with van der Waals surface area (Å²) >= 11 is 1.51. The van der Waals surface area contributed by atoms with E-state index in [0.29, 0.717) is 43.3 Å². The number of morpholine rings is 1.